The zero-order valence-electron chi connectivity index (χ0n) is 19.3. The Morgan fingerprint density at radius 1 is 1.19 bits per heavy atom. The summed E-state index contributed by atoms with van der Waals surface area (Å²) in [4.78, 5) is 29.5. The minimum atomic E-state index is -4.54. The van der Waals surface area contributed by atoms with Crippen LogP contribution in [0.25, 0.3) is 17.0 Å². The van der Waals surface area contributed by atoms with Gasteiger partial charge in [0.15, 0.2) is 0 Å². The molecule has 5 rings (SSSR count). The maximum Gasteiger partial charge on any atom is 0.416 e. The Balaban J connectivity index is 1.38. The fraction of sp³-hybridized carbons (Fsp3) is 0.320. The summed E-state index contributed by atoms with van der Waals surface area (Å²) in [5, 5.41) is 4.74. The second-order valence-electron chi connectivity index (χ2n) is 8.81. The molecule has 2 aliphatic rings. The van der Waals surface area contributed by atoms with Crippen LogP contribution in [0.15, 0.2) is 47.5 Å². The van der Waals surface area contributed by atoms with Crippen LogP contribution in [0.3, 0.4) is 0 Å². The van der Waals surface area contributed by atoms with E-state index in [0.717, 1.165) is 37.3 Å². The van der Waals surface area contributed by atoms with Gasteiger partial charge in [-0.05, 0) is 66.2 Å². The van der Waals surface area contributed by atoms with Gasteiger partial charge in [-0.3, -0.25) is 19.2 Å². The Labute approximate surface area is 214 Å². The predicted molar refractivity (Wildman–Crippen MR) is 134 cm³/mol. The van der Waals surface area contributed by atoms with Crippen molar-refractivity contribution in [3.05, 3.63) is 69.2 Å². The van der Waals surface area contributed by atoms with E-state index in [4.69, 9.17) is 11.6 Å². The van der Waals surface area contributed by atoms with Crippen LogP contribution in [0.1, 0.15) is 30.0 Å². The molecule has 1 aromatic heterocycles. The van der Waals surface area contributed by atoms with Gasteiger partial charge in [-0.1, -0.05) is 30.7 Å². The largest absolute Gasteiger partial charge is 0.416 e. The third-order valence-corrected chi connectivity index (χ3v) is 7.66. The third-order valence-electron chi connectivity index (χ3n) is 6.54. The molecule has 0 spiro atoms. The molecule has 11 heteroatoms. The molecule has 1 unspecified atom stereocenters. The van der Waals surface area contributed by atoms with E-state index in [9.17, 15) is 22.8 Å². The lowest BCUT2D eigenvalue weighted by atomic mass is 10.1. The molecule has 1 atom stereocenters. The summed E-state index contributed by atoms with van der Waals surface area (Å²) in [6, 6.07) is 8.89. The van der Waals surface area contributed by atoms with Crippen molar-refractivity contribution in [2.45, 2.75) is 32.1 Å². The van der Waals surface area contributed by atoms with E-state index in [1.807, 2.05) is 0 Å². The van der Waals surface area contributed by atoms with Gasteiger partial charge in [-0.25, -0.2) is 0 Å². The molecule has 2 saturated heterocycles. The van der Waals surface area contributed by atoms with Gasteiger partial charge in [0.2, 0.25) is 0 Å². The Kier molecular flexibility index (Phi) is 6.61. The smallest absolute Gasteiger partial charge is 0.301 e. The van der Waals surface area contributed by atoms with Crippen molar-refractivity contribution in [2.75, 3.05) is 19.6 Å². The molecule has 188 valence electrons. The number of thioether (sulfide) groups is 1. The number of likely N-dealkylation sites (tertiary alicyclic amines) is 1. The number of benzene rings is 2. The van der Waals surface area contributed by atoms with E-state index in [2.05, 4.69) is 16.9 Å². The Morgan fingerprint density at radius 3 is 2.72 bits per heavy atom. The zero-order valence-corrected chi connectivity index (χ0v) is 20.8. The van der Waals surface area contributed by atoms with Gasteiger partial charge >= 0.3 is 6.18 Å². The molecular weight excluding hydrogens is 513 g/mol. The fourth-order valence-electron chi connectivity index (χ4n) is 4.69. The first-order chi connectivity index (χ1) is 17.1. The summed E-state index contributed by atoms with van der Waals surface area (Å²) >= 11 is 6.72. The van der Waals surface area contributed by atoms with Gasteiger partial charge in [-0.15, -0.1) is 0 Å². The number of aromatic nitrogens is 2. The second-order valence-corrected chi connectivity index (χ2v) is 10.2. The first-order valence-corrected chi connectivity index (χ1v) is 12.6. The van der Waals surface area contributed by atoms with Crippen molar-refractivity contribution in [3.8, 4) is 0 Å². The molecule has 0 N–H and O–H groups in total. The van der Waals surface area contributed by atoms with E-state index >= 15 is 0 Å². The van der Waals surface area contributed by atoms with Crippen LogP contribution in [0.4, 0.5) is 18.0 Å². The molecule has 0 aliphatic carbocycles. The Morgan fingerprint density at radius 2 is 2.00 bits per heavy atom. The minimum Gasteiger partial charge on any atom is -0.301 e. The summed E-state index contributed by atoms with van der Waals surface area (Å²) in [5.74, 6) is -0.286. The number of amides is 2. The highest BCUT2D eigenvalue weighted by atomic mass is 35.5. The van der Waals surface area contributed by atoms with Crippen molar-refractivity contribution in [1.29, 1.82) is 0 Å². The molecule has 2 aliphatic heterocycles. The monoisotopic (exact) mass is 534 g/mol. The molecule has 36 heavy (non-hydrogen) atoms. The zero-order chi connectivity index (χ0) is 25.6. The number of rotatable bonds is 5. The van der Waals surface area contributed by atoms with Gasteiger partial charge in [-0.2, -0.15) is 18.3 Å². The van der Waals surface area contributed by atoms with Crippen molar-refractivity contribution >= 4 is 51.5 Å². The minimum absolute atomic E-state index is 0.0149. The number of carbonyl (C=O) groups is 2. The number of likely N-dealkylation sites (N-methyl/N-ethyl adjacent to an activating group) is 1. The quantitative estimate of drug-likeness (QED) is 0.382. The first kappa shape index (κ1) is 24.9. The highest BCUT2D eigenvalue weighted by molar-refractivity contribution is 8.18. The topological polar surface area (TPSA) is 58.4 Å². The van der Waals surface area contributed by atoms with Crippen LogP contribution in [0.2, 0.25) is 5.02 Å². The van der Waals surface area contributed by atoms with Crippen LogP contribution in [0, 0.1) is 0 Å². The molecule has 2 amide bonds. The third kappa shape index (κ3) is 4.77. The van der Waals surface area contributed by atoms with Gasteiger partial charge in [0.25, 0.3) is 11.1 Å². The van der Waals surface area contributed by atoms with Crippen LogP contribution in [0.5, 0.6) is 0 Å². The molecular formula is C25H22ClF3N4O2S. The fourth-order valence-corrected chi connectivity index (χ4v) is 5.76. The maximum atomic E-state index is 13.5. The number of fused-ring (bicyclic) bond motifs is 1. The summed E-state index contributed by atoms with van der Waals surface area (Å²) < 4.78 is 42.0. The standard InChI is InChI=1S/C25H22ClF3N4O2S/c1-2-31-8-7-19(14-31)33-23(34)22(36-24(33)35)10-15-3-6-21-17(9-15)12-30-32(21)13-16-4-5-18(26)11-20(16)25(27,28)29/h3-6,9-12,19H,2,7-8,13-14H2,1H3/b22-10-. The molecule has 0 saturated carbocycles. The maximum absolute atomic E-state index is 13.5. The number of imide groups is 1. The van der Waals surface area contributed by atoms with E-state index < -0.39 is 11.7 Å². The van der Waals surface area contributed by atoms with E-state index in [-0.39, 0.29) is 34.3 Å². The van der Waals surface area contributed by atoms with Crippen LogP contribution in [-0.2, 0) is 17.5 Å². The number of nitrogens with zero attached hydrogens (tertiary/aromatic N) is 4. The lowest BCUT2D eigenvalue weighted by molar-refractivity contribution is -0.138. The second kappa shape index (κ2) is 9.57. The summed E-state index contributed by atoms with van der Waals surface area (Å²) in [5.41, 5.74) is 0.615. The van der Waals surface area contributed by atoms with Crippen LogP contribution >= 0.6 is 23.4 Å². The van der Waals surface area contributed by atoms with Crippen molar-refractivity contribution < 1.29 is 22.8 Å². The molecule has 0 bridgehead atoms. The SMILES string of the molecule is CCN1CCC(N2C(=O)S/C(=C\c3ccc4c(cnn4Cc4ccc(Cl)cc4C(F)(F)F)c3)C2=O)C1. The Bertz CT molecular complexity index is 1390. The van der Waals surface area contributed by atoms with E-state index in [0.29, 0.717) is 27.9 Å². The highest BCUT2D eigenvalue weighted by Gasteiger charge is 2.42. The molecule has 2 aromatic carbocycles. The summed E-state index contributed by atoms with van der Waals surface area (Å²) in [6.45, 7) is 4.41. The van der Waals surface area contributed by atoms with Gasteiger partial charge < -0.3 is 4.90 Å². The van der Waals surface area contributed by atoms with Crippen molar-refractivity contribution in [2.24, 2.45) is 0 Å². The number of hydrogen-bond acceptors (Lipinski definition) is 5. The van der Waals surface area contributed by atoms with Gasteiger partial charge in [0.05, 0.1) is 34.8 Å². The van der Waals surface area contributed by atoms with Crippen molar-refractivity contribution in [1.82, 2.24) is 19.6 Å². The highest BCUT2D eigenvalue weighted by Crippen LogP contribution is 2.37. The average molecular weight is 535 g/mol. The molecule has 6 nitrogen and oxygen atoms in total. The summed E-state index contributed by atoms with van der Waals surface area (Å²) in [7, 11) is 0. The molecule has 3 heterocycles. The first-order valence-electron chi connectivity index (χ1n) is 11.4. The Hall–Kier alpha value is -2.82. The summed E-state index contributed by atoms with van der Waals surface area (Å²) in [6.07, 6.45) is -0.519. The number of hydrogen-bond donors (Lipinski definition) is 0. The van der Waals surface area contributed by atoms with E-state index in [1.165, 1.54) is 21.7 Å². The lowest BCUT2D eigenvalue weighted by Crippen LogP contribution is -2.40. The normalized spacial score (nSPS) is 20.4. The number of halogens is 4. The van der Waals surface area contributed by atoms with Crippen molar-refractivity contribution in [3.63, 3.8) is 0 Å². The van der Waals surface area contributed by atoms with Crippen LogP contribution < -0.4 is 0 Å². The molecule has 0 radical (unpaired) electrons. The number of alkyl halides is 3. The van der Waals surface area contributed by atoms with E-state index in [1.54, 1.807) is 30.5 Å². The molecule has 3 aromatic rings. The van der Waals surface area contributed by atoms with Gasteiger partial charge in [0.1, 0.15) is 0 Å². The van der Waals surface area contributed by atoms with Crippen LogP contribution in [-0.4, -0.2) is 56.4 Å². The average Bonchev–Trinajstić information content (AvgIpc) is 3.52. The van der Waals surface area contributed by atoms with Gasteiger partial charge in [0, 0.05) is 23.5 Å². The number of carbonyl (C=O) groups excluding carboxylic acids is 2. The molecule has 2 fully saturated rings. The lowest BCUT2D eigenvalue weighted by Gasteiger charge is -2.21. The predicted octanol–water partition coefficient (Wildman–Crippen LogP) is 5.89.